The molecule has 0 saturated carbocycles. The van der Waals surface area contributed by atoms with Gasteiger partial charge in [0.15, 0.2) is 0 Å². The van der Waals surface area contributed by atoms with Gasteiger partial charge < -0.3 is 15.1 Å². The van der Waals surface area contributed by atoms with Crippen molar-refractivity contribution < 1.29 is 0 Å². The van der Waals surface area contributed by atoms with Gasteiger partial charge in [0.05, 0.1) is 0 Å². The maximum absolute atomic E-state index is 3.67. The maximum atomic E-state index is 3.67. The molecule has 1 N–H and O–H groups in total. The second-order valence-corrected chi connectivity index (χ2v) is 6.03. The van der Waals surface area contributed by atoms with Crippen LogP contribution >= 0.6 is 15.9 Å². The van der Waals surface area contributed by atoms with Crippen molar-refractivity contribution in [2.24, 2.45) is 0 Å². The number of benzene rings is 1. The molecule has 0 fully saturated rings. The van der Waals surface area contributed by atoms with Crippen molar-refractivity contribution >= 4 is 21.6 Å². The number of halogens is 1. The van der Waals surface area contributed by atoms with E-state index >= 15 is 0 Å². The highest BCUT2D eigenvalue weighted by atomic mass is 79.9. The van der Waals surface area contributed by atoms with Gasteiger partial charge in [0.1, 0.15) is 0 Å². The molecule has 1 aromatic rings. The molecule has 4 heteroatoms. The van der Waals surface area contributed by atoms with Crippen LogP contribution < -0.4 is 10.2 Å². The first-order valence-electron chi connectivity index (χ1n) is 6.89. The van der Waals surface area contributed by atoms with E-state index < -0.39 is 0 Å². The first-order chi connectivity index (χ1) is 9.04. The summed E-state index contributed by atoms with van der Waals surface area (Å²) in [4.78, 5) is 4.49. The molecule has 0 aliphatic rings. The summed E-state index contributed by atoms with van der Waals surface area (Å²) >= 11 is 3.67. The normalized spacial score (nSPS) is 11.1. The molecule has 0 atom stereocenters. The van der Waals surface area contributed by atoms with Crippen molar-refractivity contribution in [3.8, 4) is 0 Å². The van der Waals surface area contributed by atoms with Gasteiger partial charge in [-0.25, -0.2) is 0 Å². The maximum Gasteiger partial charge on any atom is 0.0375 e. The minimum Gasteiger partial charge on any atom is -0.373 e. The van der Waals surface area contributed by atoms with Crippen LogP contribution in [0.1, 0.15) is 18.9 Å². The topological polar surface area (TPSA) is 18.5 Å². The molecule has 0 bridgehead atoms. The summed E-state index contributed by atoms with van der Waals surface area (Å²) < 4.78 is 1.19. The molecular weight excluding hydrogens is 302 g/mol. The third-order valence-electron chi connectivity index (χ3n) is 3.10. The quantitative estimate of drug-likeness (QED) is 0.740. The van der Waals surface area contributed by atoms with Crippen molar-refractivity contribution in [1.29, 1.82) is 0 Å². The lowest BCUT2D eigenvalue weighted by Crippen LogP contribution is -2.28. The van der Waals surface area contributed by atoms with Crippen molar-refractivity contribution in [1.82, 2.24) is 10.2 Å². The van der Waals surface area contributed by atoms with Crippen molar-refractivity contribution in [3.05, 3.63) is 28.2 Å². The molecule has 0 radical (unpaired) electrons. The summed E-state index contributed by atoms with van der Waals surface area (Å²) in [5, 5.41) is 3.43. The summed E-state index contributed by atoms with van der Waals surface area (Å²) in [5.74, 6) is 0. The molecular formula is C15H26BrN3. The number of hydrogen-bond donors (Lipinski definition) is 1. The highest BCUT2D eigenvalue weighted by Gasteiger charge is 2.05. The second-order valence-electron chi connectivity index (χ2n) is 5.18. The van der Waals surface area contributed by atoms with Gasteiger partial charge in [-0.2, -0.15) is 0 Å². The summed E-state index contributed by atoms with van der Waals surface area (Å²) in [7, 11) is 6.35. The molecule has 19 heavy (non-hydrogen) atoms. The summed E-state index contributed by atoms with van der Waals surface area (Å²) in [6, 6.07) is 6.61. The average molecular weight is 328 g/mol. The molecule has 3 nitrogen and oxygen atoms in total. The minimum atomic E-state index is 0.927. The van der Waals surface area contributed by atoms with Crippen LogP contribution in [-0.4, -0.2) is 45.7 Å². The Bertz CT molecular complexity index is 380. The summed E-state index contributed by atoms with van der Waals surface area (Å²) in [6.07, 6.45) is 1.17. The minimum absolute atomic E-state index is 0.927. The van der Waals surface area contributed by atoms with Crippen molar-refractivity contribution in [3.63, 3.8) is 0 Å². The Labute approximate surface area is 126 Å². The first-order valence-corrected chi connectivity index (χ1v) is 7.69. The van der Waals surface area contributed by atoms with Gasteiger partial charge in [-0.3, -0.25) is 0 Å². The molecule has 0 aromatic heterocycles. The lowest BCUT2D eigenvalue weighted by Gasteiger charge is -2.22. The van der Waals surface area contributed by atoms with Crippen molar-refractivity contribution in [2.45, 2.75) is 19.9 Å². The number of anilines is 1. The van der Waals surface area contributed by atoms with E-state index in [1.807, 2.05) is 0 Å². The Kier molecular flexibility index (Phi) is 7.42. The van der Waals surface area contributed by atoms with Gasteiger partial charge in [0.25, 0.3) is 0 Å². The zero-order valence-electron chi connectivity index (χ0n) is 12.5. The van der Waals surface area contributed by atoms with Gasteiger partial charge in [0, 0.05) is 36.8 Å². The zero-order chi connectivity index (χ0) is 14.3. The van der Waals surface area contributed by atoms with E-state index in [4.69, 9.17) is 0 Å². The number of hydrogen-bond acceptors (Lipinski definition) is 3. The van der Waals surface area contributed by atoms with Crippen LogP contribution in [0.15, 0.2) is 22.7 Å². The highest BCUT2D eigenvalue weighted by molar-refractivity contribution is 9.10. The molecule has 0 spiro atoms. The van der Waals surface area contributed by atoms with E-state index in [0.29, 0.717) is 0 Å². The fourth-order valence-electron chi connectivity index (χ4n) is 1.80. The van der Waals surface area contributed by atoms with E-state index in [2.05, 4.69) is 77.3 Å². The van der Waals surface area contributed by atoms with Gasteiger partial charge >= 0.3 is 0 Å². The predicted molar refractivity (Wildman–Crippen MR) is 88.0 cm³/mol. The fourth-order valence-corrected chi connectivity index (χ4v) is 2.30. The summed E-state index contributed by atoms with van der Waals surface area (Å²) in [6.45, 7) is 6.28. The molecule has 108 valence electrons. The summed E-state index contributed by atoms with van der Waals surface area (Å²) in [5.41, 5.74) is 2.58. The monoisotopic (exact) mass is 327 g/mol. The zero-order valence-corrected chi connectivity index (χ0v) is 14.1. The molecule has 0 amide bonds. The second kappa shape index (κ2) is 8.56. The number of nitrogens with one attached hydrogen (secondary N) is 1. The molecule has 0 aliphatic carbocycles. The molecule has 0 unspecified atom stereocenters. The van der Waals surface area contributed by atoms with Gasteiger partial charge in [-0.1, -0.05) is 28.9 Å². The SMILES string of the molecule is CCCNCc1ccc(N(C)CCN(C)C)cc1Br. The van der Waals surface area contributed by atoms with Gasteiger partial charge in [-0.05, 0) is 44.8 Å². The van der Waals surface area contributed by atoms with Crippen LogP contribution in [0.5, 0.6) is 0 Å². The molecule has 1 aromatic carbocycles. The van der Waals surface area contributed by atoms with E-state index in [1.165, 1.54) is 22.1 Å². The number of rotatable bonds is 8. The molecule has 0 aliphatic heterocycles. The Balaban J connectivity index is 2.59. The smallest absolute Gasteiger partial charge is 0.0375 e. The van der Waals surface area contributed by atoms with Crippen LogP contribution in [0.4, 0.5) is 5.69 Å². The molecule has 0 heterocycles. The lowest BCUT2D eigenvalue weighted by atomic mass is 10.2. The standard InChI is InChI=1S/C15H26BrN3/c1-5-8-17-12-13-6-7-14(11-15(13)16)19(4)10-9-18(2)3/h6-7,11,17H,5,8-10,12H2,1-4H3. The van der Waals surface area contributed by atoms with Crippen LogP contribution in [0.3, 0.4) is 0 Å². The largest absolute Gasteiger partial charge is 0.373 e. The van der Waals surface area contributed by atoms with Crippen LogP contribution in [0, 0.1) is 0 Å². The first kappa shape index (κ1) is 16.5. The van der Waals surface area contributed by atoms with E-state index in [-0.39, 0.29) is 0 Å². The van der Waals surface area contributed by atoms with Gasteiger partial charge in [0.2, 0.25) is 0 Å². The van der Waals surface area contributed by atoms with E-state index in [1.54, 1.807) is 0 Å². The highest BCUT2D eigenvalue weighted by Crippen LogP contribution is 2.23. The Morgan fingerprint density at radius 3 is 2.47 bits per heavy atom. The molecule has 1 rings (SSSR count). The lowest BCUT2D eigenvalue weighted by molar-refractivity contribution is 0.416. The predicted octanol–water partition coefficient (Wildman–Crippen LogP) is 2.95. The van der Waals surface area contributed by atoms with Crippen LogP contribution in [-0.2, 0) is 6.54 Å². The Morgan fingerprint density at radius 2 is 1.89 bits per heavy atom. The van der Waals surface area contributed by atoms with E-state index in [9.17, 15) is 0 Å². The van der Waals surface area contributed by atoms with Crippen molar-refractivity contribution in [2.75, 3.05) is 45.7 Å². The third-order valence-corrected chi connectivity index (χ3v) is 3.84. The third kappa shape index (κ3) is 5.93. The fraction of sp³-hybridized carbons (Fsp3) is 0.600. The molecule has 0 saturated heterocycles. The number of likely N-dealkylation sites (N-methyl/N-ethyl adjacent to an activating group) is 2. The van der Waals surface area contributed by atoms with Crippen LogP contribution in [0.25, 0.3) is 0 Å². The Hall–Kier alpha value is -0.580. The Morgan fingerprint density at radius 1 is 1.16 bits per heavy atom. The average Bonchev–Trinajstić information content (AvgIpc) is 2.38. The van der Waals surface area contributed by atoms with Crippen LogP contribution in [0.2, 0.25) is 0 Å². The van der Waals surface area contributed by atoms with E-state index in [0.717, 1.165) is 26.2 Å². The number of nitrogens with zero attached hydrogens (tertiary/aromatic N) is 2. The van der Waals surface area contributed by atoms with Gasteiger partial charge in [-0.15, -0.1) is 0 Å².